The monoisotopic (exact) mass is 302 g/mol. The zero-order valence-corrected chi connectivity index (χ0v) is 12.6. The lowest BCUT2D eigenvalue weighted by atomic mass is 9.88. The lowest BCUT2D eigenvalue weighted by Crippen LogP contribution is -2.19. The van der Waals surface area contributed by atoms with Gasteiger partial charge in [0.1, 0.15) is 10.7 Å². The highest BCUT2D eigenvalue weighted by Crippen LogP contribution is 2.45. The molecule has 2 bridgehead atoms. The number of nitrogens with two attached hydrogens (primary N) is 1. The summed E-state index contributed by atoms with van der Waals surface area (Å²) < 4.78 is 5.96. The topological polar surface area (TPSA) is 73.1 Å². The van der Waals surface area contributed by atoms with Crippen LogP contribution in [0.5, 0.6) is 0 Å². The van der Waals surface area contributed by atoms with Crippen molar-refractivity contribution in [2.24, 2.45) is 5.84 Å². The average Bonchev–Trinajstić information content (AvgIpc) is 3.24. The van der Waals surface area contributed by atoms with Crippen LogP contribution in [0.15, 0.2) is 0 Å². The Balaban J connectivity index is 1.66. The molecule has 0 saturated carbocycles. The molecule has 3 atom stereocenters. The minimum atomic E-state index is 0.310. The van der Waals surface area contributed by atoms with Gasteiger partial charge in [-0.1, -0.05) is 0 Å². The maximum atomic E-state index is 5.96. The van der Waals surface area contributed by atoms with Gasteiger partial charge < -0.3 is 10.2 Å². The lowest BCUT2D eigenvalue weighted by molar-refractivity contribution is 0.0999. The number of ether oxygens (including phenoxy) is 1. The highest BCUT2D eigenvalue weighted by atomic mass is 32.1. The van der Waals surface area contributed by atoms with E-state index in [-0.39, 0.29) is 0 Å². The van der Waals surface area contributed by atoms with Crippen molar-refractivity contribution in [2.75, 3.05) is 5.43 Å². The van der Waals surface area contributed by atoms with Crippen LogP contribution in [-0.4, -0.2) is 22.2 Å². The summed E-state index contributed by atoms with van der Waals surface area (Å²) in [6, 6.07) is 0. The maximum Gasteiger partial charge on any atom is 0.152 e. The van der Waals surface area contributed by atoms with E-state index in [0.29, 0.717) is 18.1 Å². The van der Waals surface area contributed by atoms with Crippen molar-refractivity contribution in [3.05, 3.63) is 16.3 Å². The normalized spacial score (nSPS) is 30.2. The number of nitrogens with one attached hydrogen (secondary N) is 1. The third kappa shape index (κ3) is 1.69. The molecule has 21 heavy (non-hydrogen) atoms. The van der Waals surface area contributed by atoms with E-state index in [9.17, 15) is 0 Å². The van der Waals surface area contributed by atoms with Crippen molar-refractivity contribution in [1.29, 1.82) is 0 Å². The second-order valence-corrected chi connectivity index (χ2v) is 7.41. The first-order valence-electron chi connectivity index (χ1n) is 7.77. The zero-order valence-electron chi connectivity index (χ0n) is 11.8. The molecule has 4 heterocycles. The Morgan fingerprint density at radius 1 is 1.24 bits per heavy atom. The van der Waals surface area contributed by atoms with Gasteiger partial charge in [0.15, 0.2) is 5.82 Å². The van der Waals surface area contributed by atoms with Crippen LogP contribution in [0.25, 0.3) is 10.2 Å². The van der Waals surface area contributed by atoms with Gasteiger partial charge in [-0.15, -0.1) is 11.3 Å². The Labute approximate surface area is 126 Å². The Hall–Kier alpha value is -1.24. The van der Waals surface area contributed by atoms with Crippen LogP contribution in [0.2, 0.25) is 0 Å². The molecule has 0 amide bonds. The van der Waals surface area contributed by atoms with Crippen LogP contribution in [0.3, 0.4) is 0 Å². The van der Waals surface area contributed by atoms with E-state index in [0.717, 1.165) is 41.1 Å². The Morgan fingerprint density at radius 3 is 2.95 bits per heavy atom. The van der Waals surface area contributed by atoms with Crippen molar-refractivity contribution in [1.82, 2.24) is 9.97 Å². The molecule has 0 radical (unpaired) electrons. The predicted molar refractivity (Wildman–Crippen MR) is 82.5 cm³/mol. The van der Waals surface area contributed by atoms with Gasteiger partial charge >= 0.3 is 0 Å². The molecule has 1 aliphatic carbocycles. The van der Waals surface area contributed by atoms with E-state index in [4.69, 9.17) is 20.5 Å². The van der Waals surface area contributed by atoms with Gasteiger partial charge in [-0.2, -0.15) is 0 Å². The first-order chi connectivity index (χ1) is 10.3. The van der Waals surface area contributed by atoms with Crippen LogP contribution in [0, 0.1) is 0 Å². The number of anilines is 1. The van der Waals surface area contributed by atoms with E-state index >= 15 is 0 Å². The first-order valence-corrected chi connectivity index (χ1v) is 8.59. The average molecular weight is 302 g/mol. The number of thiophene rings is 1. The number of nitrogen functional groups attached to an aromatic ring is 1. The summed E-state index contributed by atoms with van der Waals surface area (Å²) in [4.78, 5) is 12.2. The van der Waals surface area contributed by atoms with Crippen LogP contribution < -0.4 is 11.3 Å². The summed E-state index contributed by atoms with van der Waals surface area (Å²) in [5, 5.41) is 1.16. The molecule has 3 N–H and O–H groups in total. The summed E-state index contributed by atoms with van der Waals surface area (Å²) in [6.45, 7) is 0. The number of hydrogen-bond donors (Lipinski definition) is 2. The van der Waals surface area contributed by atoms with Gasteiger partial charge in [-0.25, -0.2) is 15.8 Å². The summed E-state index contributed by atoms with van der Waals surface area (Å²) >= 11 is 1.82. The van der Waals surface area contributed by atoms with E-state index in [1.807, 2.05) is 11.3 Å². The van der Waals surface area contributed by atoms with Crippen LogP contribution in [0.4, 0.5) is 5.82 Å². The highest BCUT2D eigenvalue weighted by molar-refractivity contribution is 7.19. The standard InChI is InChI=1S/C15H18N4OS/c16-19-14-12-8-2-1-3-11(8)21-15(12)18-13(17-14)9-6-7-4-5-10(9)20-7/h7,9-10H,1-6,16H2,(H,17,18,19). The number of hydrazine groups is 1. The summed E-state index contributed by atoms with van der Waals surface area (Å²) in [5.74, 6) is 7.81. The minimum Gasteiger partial charge on any atom is -0.374 e. The molecule has 0 spiro atoms. The van der Waals surface area contributed by atoms with Crippen LogP contribution in [-0.2, 0) is 17.6 Å². The molecule has 0 aromatic carbocycles. The molecule has 3 aliphatic rings. The van der Waals surface area contributed by atoms with Crippen molar-refractivity contribution >= 4 is 27.4 Å². The molecule has 2 aromatic heterocycles. The lowest BCUT2D eigenvalue weighted by Gasteiger charge is -2.18. The minimum absolute atomic E-state index is 0.310. The Morgan fingerprint density at radius 2 is 2.19 bits per heavy atom. The summed E-state index contributed by atoms with van der Waals surface area (Å²) in [7, 11) is 0. The number of rotatable bonds is 2. The number of nitrogens with zero attached hydrogens (tertiary/aromatic N) is 2. The smallest absolute Gasteiger partial charge is 0.152 e. The fraction of sp³-hybridized carbons (Fsp3) is 0.600. The Kier molecular flexibility index (Phi) is 2.57. The maximum absolute atomic E-state index is 5.96. The first kappa shape index (κ1) is 12.3. The van der Waals surface area contributed by atoms with Gasteiger partial charge in [0.2, 0.25) is 0 Å². The largest absolute Gasteiger partial charge is 0.374 e. The SMILES string of the molecule is NNc1nc(C2CC3CCC2O3)nc2sc3c(c12)CCC3. The second kappa shape index (κ2) is 4.38. The van der Waals surface area contributed by atoms with Crippen molar-refractivity contribution in [2.45, 2.75) is 56.7 Å². The molecule has 5 nitrogen and oxygen atoms in total. The van der Waals surface area contributed by atoms with Crippen molar-refractivity contribution in [3.63, 3.8) is 0 Å². The van der Waals surface area contributed by atoms with Crippen LogP contribution in [0.1, 0.15) is 47.9 Å². The van der Waals surface area contributed by atoms with Gasteiger partial charge in [0, 0.05) is 10.8 Å². The molecule has 3 unspecified atom stereocenters. The van der Waals surface area contributed by atoms with E-state index < -0.39 is 0 Å². The van der Waals surface area contributed by atoms with Gasteiger partial charge in [0.05, 0.1) is 17.6 Å². The molecule has 110 valence electrons. The number of aryl methyl sites for hydroxylation is 2. The quantitative estimate of drug-likeness (QED) is 0.658. The number of fused-ring (bicyclic) bond motifs is 5. The molecule has 6 heteroatoms. The van der Waals surface area contributed by atoms with Gasteiger partial charge in [-0.05, 0) is 44.1 Å². The molecule has 2 saturated heterocycles. The molecule has 2 aromatic rings. The zero-order chi connectivity index (χ0) is 14.0. The number of aromatic nitrogens is 2. The third-order valence-corrected chi connectivity index (χ3v) is 6.34. The van der Waals surface area contributed by atoms with Gasteiger partial charge in [-0.3, -0.25) is 0 Å². The predicted octanol–water partition coefficient (Wildman–Crippen LogP) is 2.50. The van der Waals surface area contributed by atoms with E-state index in [1.54, 1.807) is 0 Å². The molecule has 2 fully saturated rings. The van der Waals surface area contributed by atoms with E-state index in [1.165, 1.54) is 29.7 Å². The molecule has 2 aliphatic heterocycles. The molecular weight excluding hydrogens is 284 g/mol. The second-order valence-electron chi connectivity index (χ2n) is 6.33. The third-order valence-electron chi connectivity index (χ3n) is 5.16. The van der Waals surface area contributed by atoms with E-state index in [2.05, 4.69) is 5.43 Å². The Bertz CT molecular complexity index is 728. The fourth-order valence-electron chi connectivity index (χ4n) is 4.19. The highest BCUT2D eigenvalue weighted by Gasteiger charge is 2.43. The molecule has 5 rings (SSSR count). The molecular formula is C15H18N4OS. The number of hydrogen-bond acceptors (Lipinski definition) is 6. The van der Waals surface area contributed by atoms with Crippen molar-refractivity contribution < 1.29 is 4.74 Å². The summed E-state index contributed by atoms with van der Waals surface area (Å²) in [6.07, 6.45) is 7.67. The fourth-order valence-corrected chi connectivity index (χ4v) is 5.46. The van der Waals surface area contributed by atoms with Crippen LogP contribution >= 0.6 is 11.3 Å². The summed E-state index contributed by atoms with van der Waals surface area (Å²) in [5.41, 5.74) is 4.22. The van der Waals surface area contributed by atoms with Crippen molar-refractivity contribution in [3.8, 4) is 0 Å². The van der Waals surface area contributed by atoms with Gasteiger partial charge in [0.25, 0.3) is 0 Å².